The van der Waals surface area contributed by atoms with Gasteiger partial charge in [0.2, 0.25) is 0 Å². The highest BCUT2D eigenvalue weighted by Crippen LogP contribution is 2.41. The molecule has 0 heterocycles. The summed E-state index contributed by atoms with van der Waals surface area (Å²) in [7, 11) is 0. The molecular weight excluding hydrogens is 226 g/mol. The van der Waals surface area contributed by atoms with Crippen LogP contribution in [-0.2, 0) is 0 Å². The molecule has 0 spiro atoms. The fraction of sp³-hybridized carbons (Fsp3) is 0.867. The highest BCUT2D eigenvalue weighted by molar-refractivity contribution is 6.67. The van der Waals surface area contributed by atoms with Crippen molar-refractivity contribution in [3.8, 4) is 0 Å². The van der Waals surface area contributed by atoms with Gasteiger partial charge in [-0.05, 0) is 0 Å². The molecule has 96 valence electrons. The van der Waals surface area contributed by atoms with Crippen LogP contribution >= 0.6 is 11.6 Å². The van der Waals surface area contributed by atoms with E-state index in [-0.39, 0.29) is 0 Å². The van der Waals surface area contributed by atoms with Gasteiger partial charge in [-0.2, -0.15) is 0 Å². The minimum Gasteiger partial charge on any atom is -0.122 e. The topological polar surface area (TPSA) is 0 Å². The zero-order valence-electron chi connectivity index (χ0n) is 11.0. The molecule has 0 unspecified atom stereocenters. The molecule has 2 heteroatoms. The van der Waals surface area contributed by atoms with Crippen LogP contribution in [0.4, 0.5) is 0 Å². The van der Waals surface area contributed by atoms with E-state index in [4.69, 9.17) is 11.6 Å². The van der Waals surface area contributed by atoms with E-state index >= 15 is 0 Å². The molecule has 0 saturated heterocycles. The van der Waals surface area contributed by atoms with E-state index in [0.717, 1.165) is 18.3 Å². The molecule has 2 fully saturated rings. The summed E-state index contributed by atoms with van der Waals surface area (Å²) in [5, 5.41) is 0. The van der Waals surface area contributed by atoms with Gasteiger partial charge in [0.15, 0.2) is 6.71 Å². The van der Waals surface area contributed by atoms with Gasteiger partial charge in [-0.25, -0.2) is 0 Å². The summed E-state index contributed by atoms with van der Waals surface area (Å²) in [5.74, 6) is 5.09. The number of rotatable bonds is 4. The van der Waals surface area contributed by atoms with Crippen molar-refractivity contribution in [2.24, 2.45) is 0 Å². The molecule has 0 N–H and O–H groups in total. The second-order valence-corrected chi connectivity index (χ2v) is 6.26. The van der Waals surface area contributed by atoms with Crippen LogP contribution < -0.4 is 0 Å². The molecule has 0 amide bonds. The second kappa shape index (κ2) is 7.51. The number of halogens is 1. The van der Waals surface area contributed by atoms with E-state index < -0.39 is 0 Å². The normalized spacial score (nSPS) is 24.3. The number of hydrogen-bond donors (Lipinski definition) is 0. The zero-order chi connectivity index (χ0) is 11.9. The average molecular weight is 253 g/mol. The lowest BCUT2D eigenvalue weighted by Gasteiger charge is -2.34. The van der Waals surface area contributed by atoms with E-state index in [1.54, 1.807) is 0 Å². The maximum atomic E-state index is 5.84. The first kappa shape index (κ1) is 13.5. The molecule has 0 aromatic rings. The molecule has 0 radical (unpaired) electrons. The van der Waals surface area contributed by atoms with Crippen molar-refractivity contribution in [2.75, 3.05) is 5.88 Å². The van der Waals surface area contributed by atoms with E-state index in [2.05, 4.69) is 12.1 Å². The van der Waals surface area contributed by atoms with Gasteiger partial charge in [-0.15, -0.1) is 17.6 Å². The summed E-state index contributed by atoms with van der Waals surface area (Å²) in [5.41, 5.74) is 0. The first-order valence-electron chi connectivity index (χ1n) is 7.64. The Morgan fingerprint density at radius 3 is 1.71 bits per heavy atom. The molecule has 0 nitrogen and oxygen atoms in total. The maximum Gasteiger partial charge on any atom is 0.172 e. The first-order chi connectivity index (χ1) is 8.42. The molecule has 0 aliphatic heterocycles. The third-order valence-corrected chi connectivity index (χ3v) is 5.01. The van der Waals surface area contributed by atoms with E-state index in [0.29, 0.717) is 5.88 Å². The minimum atomic E-state index is 0.690. The average Bonchev–Trinajstić information content (AvgIpc) is 2.42. The molecule has 0 aromatic carbocycles. The van der Waals surface area contributed by atoms with Gasteiger partial charge in [0.25, 0.3) is 0 Å². The SMILES string of the molecule is ClC/C=C/B(C1CCCCC1)C1CCCCC1. The third-order valence-electron chi connectivity index (χ3n) is 4.84. The van der Waals surface area contributed by atoms with Crippen molar-refractivity contribution in [3.05, 3.63) is 12.1 Å². The van der Waals surface area contributed by atoms with Crippen molar-refractivity contribution in [2.45, 2.75) is 75.8 Å². The summed E-state index contributed by atoms with van der Waals surface area (Å²) in [4.78, 5) is 0. The summed E-state index contributed by atoms with van der Waals surface area (Å²) in [6.45, 7) is 0.842. The molecular formula is C15H26BCl. The lowest BCUT2D eigenvalue weighted by molar-refractivity contribution is 0.464. The van der Waals surface area contributed by atoms with Gasteiger partial charge >= 0.3 is 0 Å². The Morgan fingerprint density at radius 1 is 0.824 bits per heavy atom. The van der Waals surface area contributed by atoms with Crippen molar-refractivity contribution < 1.29 is 0 Å². The standard InChI is InChI=1S/C15H26BCl/c17-13-7-12-16(14-8-3-1-4-9-14)15-10-5-2-6-11-15/h7,12,14-15H,1-6,8-11,13H2/b12-7+. The van der Waals surface area contributed by atoms with E-state index in [1.165, 1.54) is 64.2 Å². The van der Waals surface area contributed by atoms with E-state index in [9.17, 15) is 0 Å². The Hall–Kier alpha value is 0.0949. The summed E-state index contributed by atoms with van der Waals surface area (Å²) >= 11 is 5.84. The predicted octanol–water partition coefficient (Wildman–Crippen LogP) is 5.48. The number of hydrogen-bond acceptors (Lipinski definition) is 0. The Kier molecular flexibility index (Phi) is 5.98. The van der Waals surface area contributed by atoms with Crippen LogP contribution in [0.3, 0.4) is 0 Å². The molecule has 2 aliphatic carbocycles. The van der Waals surface area contributed by atoms with Crippen LogP contribution in [0.15, 0.2) is 12.1 Å². The van der Waals surface area contributed by atoms with Gasteiger partial charge in [0, 0.05) is 5.88 Å². The Bertz CT molecular complexity index is 209. The van der Waals surface area contributed by atoms with Crippen LogP contribution in [0.25, 0.3) is 0 Å². The van der Waals surface area contributed by atoms with E-state index in [1.807, 2.05) is 0 Å². The Morgan fingerprint density at radius 2 is 1.29 bits per heavy atom. The fourth-order valence-corrected chi connectivity index (χ4v) is 4.05. The van der Waals surface area contributed by atoms with Crippen molar-refractivity contribution in [1.82, 2.24) is 0 Å². The largest absolute Gasteiger partial charge is 0.172 e. The summed E-state index contributed by atoms with van der Waals surface area (Å²) in [6, 6.07) is 0. The molecule has 2 aliphatic rings. The van der Waals surface area contributed by atoms with Gasteiger partial charge in [-0.3, -0.25) is 0 Å². The van der Waals surface area contributed by atoms with Gasteiger partial charge in [0.1, 0.15) is 0 Å². The Balaban J connectivity index is 1.97. The van der Waals surface area contributed by atoms with Crippen LogP contribution in [0.5, 0.6) is 0 Å². The second-order valence-electron chi connectivity index (χ2n) is 5.96. The lowest BCUT2D eigenvalue weighted by Crippen LogP contribution is -2.28. The van der Waals surface area contributed by atoms with Crippen LogP contribution in [-0.4, -0.2) is 12.6 Å². The number of alkyl halides is 1. The first-order valence-corrected chi connectivity index (χ1v) is 8.18. The zero-order valence-corrected chi connectivity index (χ0v) is 11.8. The Labute approximate surface area is 112 Å². The lowest BCUT2D eigenvalue weighted by atomic mass is 9.30. The minimum absolute atomic E-state index is 0.690. The summed E-state index contributed by atoms with van der Waals surface area (Å²) in [6.07, 6.45) is 16.8. The molecule has 2 rings (SSSR count). The maximum absolute atomic E-state index is 5.84. The fourth-order valence-electron chi connectivity index (χ4n) is 3.95. The molecule has 0 bridgehead atoms. The highest BCUT2D eigenvalue weighted by Gasteiger charge is 2.32. The molecule has 0 atom stereocenters. The van der Waals surface area contributed by atoms with Gasteiger partial charge in [0.05, 0.1) is 0 Å². The van der Waals surface area contributed by atoms with Gasteiger partial charge < -0.3 is 0 Å². The van der Waals surface area contributed by atoms with Crippen molar-refractivity contribution in [3.63, 3.8) is 0 Å². The molecule has 17 heavy (non-hydrogen) atoms. The van der Waals surface area contributed by atoms with Crippen LogP contribution in [0.2, 0.25) is 11.6 Å². The number of allylic oxidation sites excluding steroid dienone is 1. The van der Waals surface area contributed by atoms with Gasteiger partial charge in [-0.1, -0.05) is 81.9 Å². The monoisotopic (exact) mass is 252 g/mol. The van der Waals surface area contributed by atoms with Crippen molar-refractivity contribution in [1.29, 1.82) is 0 Å². The van der Waals surface area contributed by atoms with Crippen LogP contribution in [0, 0.1) is 0 Å². The molecule has 0 aromatic heterocycles. The smallest absolute Gasteiger partial charge is 0.122 e. The third kappa shape index (κ3) is 4.05. The summed E-state index contributed by atoms with van der Waals surface area (Å²) < 4.78 is 0. The van der Waals surface area contributed by atoms with Crippen LogP contribution in [0.1, 0.15) is 64.2 Å². The molecule has 2 saturated carbocycles. The van der Waals surface area contributed by atoms with Crippen molar-refractivity contribution >= 4 is 18.3 Å². The predicted molar refractivity (Wildman–Crippen MR) is 79.3 cm³/mol. The quantitative estimate of drug-likeness (QED) is 0.459. The highest BCUT2D eigenvalue weighted by atomic mass is 35.5.